The second-order valence-corrected chi connectivity index (χ2v) is 6.16. The number of fused-ring (bicyclic) bond motifs is 1. The Hall–Kier alpha value is -1.60. The Morgan fingerprint density at radius 3 is 2.62 bits per heavy atom. The minimum atomic E-state index is 0.500. The highest BCUT2D eigenvalue weighted by Crippen LogP contribution is 2.36. The summed E-state index contributed by atoms with van der Waals surface area (Å²) >= 11 is 0. The number of hydrogen-bond acceptors (Lipinski definition) is 1. The highest BCUT2D eigenvalue weighted by Gasteiger charge is 2.28. The van der Waals surface area contributed by atoms with E-state index in [1.165, 1.54) is 41.5 Å². The van der Waals surface area contributed by atoms with Gasteiger partial charge in [0.05, 0.1) is 0 Å². The topological polar surface area (TPSA) is 12.0 Å². The number of aryl methyl sites for hydroxylation is 2. The first-order chi connectivity index (χ1) is 10.3. The Morgan fingerprint density at radius 1 is 1.05 bits per heavy atom. The smallest absolute Gasteiger partial charge is 0.0354 e. The molecule has 2 unspecified atom stereocenters. The van der Waals surface area contributed by atoms with E-state index in [1.807, 2.05) is 0 Å². The fraction of sp³-hybridized carbons (Fsp3) is 0.400. The van der Waals surface area contributed by atoms with Gasteiger partial charge in [-0.3, -0.25) is 0 Å². The third-order valence-corrected chi connectivity index (χ3v) is 4.81. The van der Waals surface area contributed by atoms with Crippen LogP contribution in [0.5, 0.6) is 0 Å². The number of rotatable bonds is 4. The van der Waals surface area contributed by atoms with Gasteiger partial charge in [0.15, 0.2) is 0 Å². The Morgan fingerprint density at radius 2 is 1.81 bits per heavy atom. The van der Waals surface area contributed by atoms with E-state index in [4.69, 9.17) is 0 Å². The van der Waals surface area contributed by atoms with Gasteiger partial charge >= 0.3 is 0 Å². The lowest BCUT2D eigenvalue weighted by Crippen LogP contribution is -2.33. The van der Waals surface area contributed by atoms with Crippen molar-refractivity contribution in [2.75, 3.05) is 6.54 Å². The summed E-state index contributed by atoms with van der Waals surface area (Å²) in [6.45, 7) is 5.47. The number of benzene rings is 2. The molecular formula is C20H25N. The van der Waals surface area contributed by atoms with E-state index in [2.05, 4.69) is 67.7 Å². The van der Waals surface area contributed by atoms with Crippen molar-refractivity contribution in [3.05, 3.63) is 70.8 Å². The van der Waals surface area contributed by atoms with Crippen molar-refractivity contribution in [2.24, 2.45) is 5.92 Å². The molecule has 0 bridgehead atoms. The summed E-state index contributed by atoms with van der Waals surface area (Å²) in [6.07, 6.45) is 3.68. The standard InChI is InChI=1S/C20H25N/c1-3-21-20-18(14-17-10-5-4-8-15(17)2)13-12-16-9-6-7-11-19(16)20/h4-11,18,20-21H,3,12-14H2,1-2H3. The lowest BCUT2D eigenvalue weighted by molar-refractivity contribution is 0.323. The molecule has 2 atom stereocenters. The largest absolute Gasteiger partial charge is 0.310 e. The van der Waals surface area contributed by atoms with Crippen LogP contribution >= 0.6 is 0 Å². The maximum absolute atomic E-state index is 3.73. The number of hydrogen-bond donors (Lipinski definition) is 1. The monoisotopic (exact) mass is 279 g/mol. The highest BCUT2D eigenvalue weighted by atomic mass is 14.9. The highest BCUT2D eigenvalue weighted by molar-refractivity contribution is 5.34. The van der Waals surface area contributed by atoms with Gasteiger partial charge in [0.1, 0.15) is 0 Å². The first kappa shape index (κ1) is 14.3. The van der Waals surface area contributed by atoms with E-state index in [0.29, 0.717) is 12.0 Å². The van der Waals surface area contributed by atoms with E-state index in [0.717, 1.165) is 6.54 Å². The van der Waals surface area contributed by atoms with E-state index >= 15 is 0 Å². The second kappa shape index (κ2) is 6.44. The summed E-state index contributed by atoms with van der Waals surface area (Å²) < 4.78 is 0. The van der Waals surface area contributed by atoms with Gasteiger partial charge in [-0.2, -0.15) is 0 Å². The molecule has 0 heterocycles. The summed E-state index contributed by atoms with van der Waals surface area (Å²) in [5.74, 6) is 0.695. The summed E-state index contributed by atoms with van der Waals surface area (Å²) in [6, 6.07) is 18.3. The molecule has 0 aromatic heterocycles. The van der Waals surface area contributed by atoms with Crippen LogP contribution in [-0.2, 0) is 12.8 Å². The zero-order chi connectivity index (χ0) is 14.7. The van der Waals surface area contributed by atoms with E-state index in [1.54, 1.807) is 0 Å². The average Bonchev–Trinajstić information content (AvgIpc) is 2.52. The van der Waals surface area contributed by atoms with Crippen molar-refractivity contribution in [1.29, 1.82) is 0 Å². The minimum Gasteiger partial charge on any atom is -0.310 e. The first-order valence-electron chi connectivity index (χ1n) is 8.15. The lowest BCUT2D eigenvalue weighted by Gasteiger charge is -2.34. The quantitative estimate of drug-likeness (QED) is 0.872. The lowest BCUT2D eigenvalue weighted by atomic mass is 9.76. The summed E-state index contributed by atoms with van der Waals surface area (Å²) in [4.78, 5) is 0. The summed E-state index contributed by atoms with van der Waals surface area (Å²) in [5.41, 5.74) is 5.98. The van der Waals surface area contributed by atoms with Crippen molar-refractivity contribution < 1.29 is 0 Å². The van der Waals surface area contributed by atoms with Crippen LogP contribution in [0.1, 0.15) is 41.6 Å². The molecule has 1 aliphatic carbocycles. The zero-order valence-corrected chi connectivity index (χ0v) is 13.1. The van der Waals surface area contributed by atoms with E-state index in [9.17, 15) is 0 Å². The summed E-state index contributed by atoms with van der Waals surface area (Å²) in [5, 5.41) is 3.73. The van der Waals surface area contributed by atoms with Crippen LogP contribution in [0, 0.1) is 12.8 Å². The van der Waals surface area contributed by atoms with E-state index < -0.39 is 0 Å². The maximum Gasteiger partial charge on any atom is 0.0354 e. The molecule has 0 spiro atoms. The van der Waals surface area contributed by atoms with Crippen LogP contribution in [0.2, 0.25) is 0 Å². The average molecular weight is 279 g/mol. The fourth-order valence-electron chi connectivity index (χ4n) is 3.66. The molecule has 1 nitrogen and oxygen atoms in total. The molecular weight excluding hydrogens is 254 g/mol. The van der Waals surface area contributed by atoms with Crippen LogP contribution in [-0.4, -0.2) is 6.54 Å². The Balaban J connectivity index is 1.87. The molecule has 2 aromatic rings. The molecule has 0 radical (unpaired) electrons. The van der Waals surface area contributed by atoms with Gasteiger partial charge in [-0.1, -0.05) is 55.5 Å². The van der Waals surface area contributed by atoms with Gasteiger partial charge in [0.25, 0.3) is 0 Å². The first-order valence-corrected chi connectivity index (χ1v) is 8.15. The Labute approximate surface area is 128 Å². The fourth-order valence-corrected chi connectivity index (χ4v) is 3.66. The van der Waals surface area contributed by atoms with Gasteiger partial charge < -0.3 is 5.32 Å². The molecule has 2 aromatic carbocycles. The molecule has 0 fully saturated rings. The third-order valence-electron chi connectivity index (χ3n) is 4.81. The van der Waals surface area contributed by atoms with E-state index in [-0.39, 0.29) is 0 Å². The second-order valence-electron chi connectivity index (χ2n) is 6.16. The van der Waals surface area contributed by atoms with Crippen LogP contribution in [0.15, 0.2) is 48.5 Å². The van der Waals surface area contributed by atoms with Gasteiger partial charge in [-0.05, 0) is 60.9 Å². The minimum absolute atomic E-state index is 0.500. The molecule has 1 aliphatic rings. The van der Waals surface area contributed by atoms with Crippen LogP contribution in [0.25, 0.3) is 0 Å². The normalized spacial score (nSPS) is 21.0. The van der Waals surface area contributed by atoms with Crippen molar-refractivity contribution in [2.45, 2.75) is 39.2 Å². The predicted molar refractivity (Wildman–Crippen MR) is 89.6 cm³/mol. The molecule has 0 saturated carbocycles. The van der Waals surface area contributed by atoms with Gasteiger partial charge in [-0.15, -0.1) is 0 Å². The van der Waals surface area contributed by atoms with Crippen LogP contribution in [0.4, 0.5) is 0 Å². The third kappa shape index (κ3) is 3.03. The van der Waals surface area contributed by atoms with Gasteiger partial charge in [0, 0.05) is 6.04 Å². The molecule has 0 saturated heterocycles. The van der Waals surface area contributed by atoms with Crippen molar-refractivity contribution in [1.82, 2.24) is 5.32 Å². The molecule has 1 heteroatoms. The van der Waals surface area contributed by atoms with Gasteiger partial charge in [0.2, 0.25) is 0 Å². The SMILES string of the molecule is CCNC1c2ccccc2CCC1Cc1ccccc1C. The maximum atomic E-state index is 3.73. The Kier molecular flexibility index (Phi) is 4.40. The molecule has 21 heavy (non-hydrogen) atoms. The molecule has 1 N–H and O–H groups in total. The number of nitrogens with one attached hydrogen (secondary N) is 1. The Bertz CT molecular complexity index is 602. The van der Waals surface area contributed by atoms with Gasteiger partial charge in [-0.25, -0.2) is 0 Å². The molecule has 0 aliphatic heterocycles. The zero-order valence-electron chi connectivity index (χ0n) is 13.1. The molecule has 110 valence electrons. The van der Waals surface area contributed by atoms with Crippen LogP contribution < -0.4 is 5.32 Å². The van der Waals surface area contributed by atoms with Crippen molar-refractivity contribution in [3.63, 3.8) is 0 Å². The van der Waals surface area contributed by atoms with Crippen molar-refractivity contribution >= 4 is 0 Å². The summed E-state index contributed by atoms with van der Waals surface area (Å²) in [7, 11) is 0. The molecule has 0 amide bonds. The van der Waals surface area contributed by atoms with Crippen molar-refractivity contribution in [3.8, 4) is 0 Å². The molecule has 3 rings (SSSR count). The van der Waals surface area contributed by atoms with Crippen LogP contribution in [0.3, 0.4) is 0 Å². The predicted octanol–water partition coefficient (Wildman–Crippen LogP) is 4.45.